The molecule has 14 heavy (non-hydrogen) atoms. The Hall–Kier alpha value is -1.26. The summed E-state index contributed by atoms with van der Waals surface area (Å²) < 4.78 is 53.1. The molecule has 0 aromatic heterocycles. The van der Waals surface area contributed by atoms with Crippen LogP contribution < -0.4 is 4.74 Å². The molecule has 0 atom stereocenters. The second kappa shape index (κ2) is 4.30. The summed E-state index contributed by atoms with van der Waals surface area (Å²) in [5.41, 5.74) is 0.129. The van der Waals surface area contributed by atoms with E-state index in [-0.39, 0.29) is 12.0 Å². The lowest BCUT2D eigenvalue weighted by atomic mass is 10.1. The predicted molar refractivity (Wildman–Crippen MR) is 42.4 cm³/mol. The summed E-state index contributed by atoms with van der Waals surface area (Å²) in [6.07, 6.45) is 0.289. The smallest absolute Gasteiger partial charge is 0.387 e. The van der Waals surface area contributed by atoms with Gasteiger partial charge >= 0.3 is 6.61 Å². The molecular weight excluding hydrogens is 200 g/mol. The molecule has 0 aliphatic heterocycles. The van der Waals surface area contributed by atoms with Crippen LogP contribution in [0.2, 0.25) is 0 Å². The maximum absolute atomic E-state index is 13.0. The average molecular weight is 208 g/mol. The van der Waals surface area contributed by atoms with Gasteiger partial charge in [0.2, 0.25) is 0 Å². The molecular formula is C9H8F4O. The average Bonchev–Trinajstić information content (AvgIpc) is 2.10. The van der Waals surface area contributed by atoms with Crippen molar-refractivity contribution in [3.8, 4) is 5.75 Å². The van der Waals surface area contributed by atoms with Gasteiger partial charge in [-0.05, 0) is 18.1 Å². The van der Waals surface area contributed by atoms with Gasteiger partial charge in [0.15, 0.2) is 11.6 Å². The highest BCUT2D eigenvalue weighted by atomic mass is 19.3. The van der Waals surface area contributed by atoms with Gasteiger partial charge in [0.05, 0.1) is 0 Å². The number of rotatable bonds is 3. The zero-order valence-electron chi connectivity index (χ0n) is 7.36. The first-order valence-corrected chi connectivity index (χ1v) is 3.97. The SMILES string of the molecule is CCc1cc(F)c(OC(F)F)cc1F. The third kappa shape index (κ3) is 2.37. The van der Waals surface area contributed by atoms with E-state index in [1.165, 1.54) is 0 Å². The molecule has 0 unspecified atom stereocenters. The lowest BCUT2D eigenvalue weighted by molar-refractivity contribution is -0.0523. The van der Waals surface area contributed by atoms with Gasteiger partial charge in [0.25, 0.3) is 0 Å². The highest BCUT2D eigenvalue weighted by Crippen LogP contribution is 2.23. The van der Waals surface area contributed by atoms with E-state index in [9.17, 15) is 17.6 Å². The molecule has 1 aromatic carbocycles. The van der Waals surface area contributed by atoms with Crippen LogP contribution in [-0.4, -0.2) is 6.61 Å². The quantitative estimate of drug-likeness (QED) is 0.693. The molecule has 0 amide bonds. The summed E-state index contributed by atoms with van der Waals surface area (Å²) >= 11 is 0. The zero-order valence-corrected chi connectivity index (χ0v) is 7.36. The second-order valence-corrected chi connectivity index (χ2v) is 2.61. The summed E-state index contributed by atoms with van der Waals surface area (Å²) in [4.78, 5) is 0. The first kappa shape index (κ1) is 10.8. The van der Waals surface area contributed by atoms with Crippen molar-refractivity contribution < 1.29 is 22.3 Å². The van der Waals surface area contributed by atoms with Crippen molar-refractivity contribution in [3.05, 3.63) is 29.3 Å². The lowest BCUT2D eigenvalue weighted by Crippen LogP contribution is -2.05. The molecule has 0 aliphatic rings. The number of benzene rings is 1. The van der Waals surface area contributed by atoms with Crippen LogP contribution in [0.5, 0.6) is 5.75 Å². The van der Waals surface area contributed by atoms with E-state index in [2.05, 4.69) is 4.74 Å². The Balaban J connectivity index is 3.02. The predicted octanol–water partition coefficient (Wildman–Crippen LogP) is 3.13. The zero-order chi connectivity index (χ0) is 10.7. The molecule has 5 heteroatoms. The highest BCUT2D eigenvalue weighted by Gasteiger charge is 2.13. The molecule has 1 aromatic rings. The molecule has 0 heterocycles. The minimum Gasteiger partial charge on any atom is -0.432 e. The van der Waals surface area contributed by atoms with E-state index >= 15 is 0 Å². The van der Waals surface area contributed by atoms with Gasteiger partial charge in [-0.15, -0.1) is 0 Å². The fourth-order valence-electron chi connectivity index (χ4n) is 1.03. The molecule has 0 bridgehead atoms. The molecule has 0 aliphatic carbocycles. The van der Waals surface area contributed by atoms with E-state index in [4.69, 9.17) is 0 Å². The van der Waals surface area contributed by atoms with Crippen molar-refractivity contribution in [3.63, 3.8) is 0 Å². The Morgan fingerprint density at radius 3 is 2.36 bits per heavy atom. The molecule has 0 N–H and O–H groups in total. The number of alkyl halides is 2. The van der Waals surface area contributed by atoms with Crippen molar-refractivity contribution in [1.82, 2.24) is 0 Å². The van der Waals surface area contributed by atoms with Crippen molar-refractivity contribution in [2.45, 2.75) is 20.0 Å². The number of aryl methyl sites for hydroxylation is 1. The fraction of sp³-hybridized carbons (Fsp3) is 0.333. The molecule has 0 fully saturated rings. The van der Waals surface area contributed by atoms with Gasteiger partial charge in [-0.3, -0.25) is 0 Å². The van der Waals surface area contributed by atoms with E-state index in [0.717, 1.165) is 6.07 Å². The monoisotopic (exact) mass is 208 g/mol. The standard InChI is InChI=1S/C9H8F4O/c1-2-5-3-7(11)8(4-6(5)10)14-9(12)13/h3-4,9H,2H2,1H3. The van der Waals surface area contributed by atoms with E-state index in [1.54, 1.807) is 6.92 Å². The fourth-order valence-corrected chi connectivity index (χ4v) is 1.03. The van der Waals surface area contributed by atoms with E-state index < -0.39 is 24.0 Å². The topological polar surface area (TPSA) is 9.23 Å². The Labute approximate surface area is 78.3 Å². The first-order chi connectivity index (χ1) is 6.54. The summed E-state index contributed by atoms with van der Waals surface area (Å²) in [6, 6.07) is 1.48. The molecule has 0 radical (unpaired) electrons. The van der Waals surface area contributed by atoms with Crippen LogP contribution in [0, 0.1) is 11.6 Å². The maximum atomic E-state index is 13.0. The second-order valence-electron chi connectivity index (χ2n) is 2.61. The Bertz CT molecular complexity index is 325. The largest absolute Gasteiger partial charge is 0.432 e. The van der Waals surface area contributed by atoms with Gasteiger partial charge in [-0.25, -0.2) is 8.78 Å². The molecule has 0 spiro atoms. The minimum atomic E-state index is -3.16. The summed E-state index contributed by atoms with van der Waals surface area (Å²) in [5.74, 6) is -2.50. The van der Waals surface area contributed by atoms with Crippen LogP contribution in [0.4, 0.5) is 17.6 Å². The highest BCUT2D eigenvalue weighted by molar-refractivity contribution is 5.30. The minimum absolute atomic E-state index is 0.129. The third-order valence-electron chi connectivity index (χ3n) is 1.70. The summed E-state index contributed by atoms with van der Waals surface area (Å²) in [6.45, 7) is -1.53. The third-order valence-corrected chi connectivity index (χ3v) is 1.70. The van der Waals surface area contributed by atoms with E-state index in [0.29, 0.717) is 6.07 Å². The van der Waals surface area contributed by atoms with Crippen LogP contribution in [0.3, 0.4) is 0 Å². The molecule has 1 rings (SSSR count). The summed E-state index contributed by atoms with van der Waals surface area (Å²) in [7, 11) is 0. The normalized spacial score (nSPS) is 10.7. The number of hydrogen-bond donors (Lipinski definition) is 0. The molecule has 0 saturated heterocycles. The van der Waals surface area contributed by atoms with Gasteiger partial charge in [-0.1, -0.05) is 6.92 Å². The Morgan fingerprint density at radius 1 is 1.21 bits per heavy atom. The Kier molecular flexibility index (Phi) is 3.33. The van der Waals surface area contributed by atoms with Gasteiger partial charge < -0.3 is 4.74 Å². The van der Waals surface area contributed by atoms with Crippen LogP contribution in [0.1, 0.15) is 12.5 Å². The number of halogens is 4. The lowest BCUT2D eigenvalue weighted by Gasteiger charge is -2.07. The van der Waals surface area contributed by atoms with Gasteiger partial charge in [0, 0.05) is 6.07 Å². The summed E-state index contributed by atoms with van der Waals surface area (Å²) in [5, 5.41) is 0. The molecule has 0 saturated carbocycles. The van der Waals surface area contributed by atoms with Gasteiger partial charge in [-0.2, -0.15) is 8.78 Å². The van der Waals surface area contributed by atoms with Crippen LogP contribution in [0.15, 0.2) is 12.1 Å². The van der Waals surface area contributed by atoms with Gasteiger partial charge in [0.1, 0.15) is 5.82 Å². The van der Waals surface area contributed by atoms with Crippen LogP contribution in [0.25, 0.3) is 0 Å². The maximum Gasteiger partial charge on any atom is 0.387 e. The number of hydrogen-bond acceptors (Lipinski definition) is 1. The van der Waals surface area contributed by atoms with Crippen molar-refractivity contribution in [2.24, 2.45) is 0 Å². The Morgan fingerprint density at radius 2 is 1.86 bits per heavy atom. The van der Waals surface area contributed by atoms with E-state index in [1.807, 2.05) is 0 Å². The number of ether oxygens (including phenoxy) is 1. The molecule has 1 nitrogen and oxygen atoms in total. The van der Waals surface area contributed by atoms with Crippen LogP contribution in [-0.2, 0) is 6.42 Å². The molecule has 78 valence electrons. The van der Waals surface area contributed by atoms with Crippen molar-refractivity contribution >= 4 is 0 Å². The van der Waals surface area contributed by atoms with Crippen LogP contribution >= 0.6 is 0 Å². The van der Waals surface area contributed by atoms with Crippen molar-refractivity contribution in [1.29, 1.82) is 0 Å². The first-order valence-electron chi connectivity index (χ1n) is 3.97. The van der Waals surface area contributed by atoms with Crippen molar-refractivity contribution in [2.75, 3.05) is 0 Å².